The van der Waals surface area contributed by atoms with Crippen molar-refractivity contribution in [1.29, 1.82) is 0 Å². The fourth-order valence-corrected chi connectivity index (χ4v) is 3.78. The van der Waals surface area contributed by atoms with Crippen LogP contribution in [0.3, 0.4) is 0 Å². The van der Waals surface area contributed by atoms with E-state index < -0.39 is 5.97 Å². The molecule has 2 aliphatic rings. The van der Waals surface area contributed by atoms with Crippen LogP contribution in [-0.4, -0.2) is 47.8 Å². The van der Waals surface area contributed by atoms with Crippen molar-refractivity contribution >= 4 is 5.97 Å². The van der Waals surface area contributed by atoms with Gasteiger partial charge in [0.15, 0.2) is 0 Å². The van der Waals surface area contributed by atoms with Crippen LogP contribution in [-0.2, 0) is 9.53 Å². The molecule has 0 aromatic rings. The summed E-state index contributed by atoms with van der Waals surface area (Å²) in [5.41, 5.74) is -0.146. The molecule has 1 aliphatic carbocycles. The molecule has 0 aromatic heterocycles. The highest BCUT2D eigenvalue weighted by atomic mass is 16.5. The van der Waals surface area contributed by atoms with Crippen molar-refractivity contribution in [2.45, 2.75) is 45.1 Å². The van der Waals surface area contributed by atoms with E-state index in [1.807, 2.05) is 0 Å². The third-order valence-electron chi connectivity index (χ3n) is 4.81. The van der Waals surface area contributed by atoms with Crippen LogP contribution in [0.4, 0.5) is 0 Å². The van der Waals surface area contributed by atoms with Gasteiger partial charge in [-0.3, -0.25) is 9.69 Å². The smallest absolute Gasteiger partial charge is 0.305 e. The summed E-state index contributed by atoms with van der Waals surface area (Å²) < 4.78 is 5.41. The van der Waals surface area contributed by atoms with E-state index >= 15 is 0 Å². The van der Waals surface area contributed by atoms with Crippen molar-refractivity contribution in [3.63, 3.8) is 0 Å². The second-order valence-electron chi connectivity index (χ2n) is 6.06. The Balaban J connectivity index is 2.22. The molecular formula is C14H25NO3. The van der Waals surface area contributed by atoms with Gasteiger partial charge in [0, 0.05) is 18.6 Å². The fourth-order valence-electron chi connectivity index (χ4n) is 3.78. The molecule has 0 radical (unpaired) electrons. The Bertz CT molecular complexity index is 301. The highest BCUT2D eigenvalue weighted by Crippen LogP contribution is 2.43. The number of ether oxygens (including phenoxy) is 1. The zero-order chi connectivity index (χ0) is 13.2. The fraction of sp³-hybridized carbons (Fsp3) is 0.929. The molecule has 1 saturated carbocycles. The maximum atomic E-state index is 11.3. The Labute approximate surface area is 109 Å². The maximum Gasteiger partial charge on any atom is 0.305 e. The van der Waals surface area contributed by atoms with E-state index in [0.717, 1.165) is 39.1 Å². The Hall–Kier alpha value is -0.610. The number of carboxylic acid groups (broad SMARTS) is 1. The van der Waals surface area contributed by atoms with Crippen LogP contribution in [0.15, 0.2) is 0 Å². The monoisotopic (exact) mass is 255 g/mol. The summed E-state index contributed by atoms with van der Waals surface area (Å²) >= 11 is 0. The summed E-state index contributed by atoms with van der Waals surface area (Å²) in [7, 11) is 0. The first-order chi connectivity index (χ1) is 8.54. The van der Waals surface area contributed by atoms with Crippen LogP contribution in [0.1, 0.15) is 39.5 Å². The SMILES string of the molecule is CC1CCC(C)C(CC(=O)O)(N2CCOCC2)C1. The van der Waals surface area contributed by atoms with E-state index in [2.05, 4.69) is 18.7 Å². The summed E-state index contributed by atoms with van der Waals surface area (Å²) in [6.07, 6.45) is 3.66. The number of nitrogens with zero attached hydrogens (tertiary/aromatic N) is 1. The predicted octanol–water partition coefficient (Wildman–Crippen LogP) is 1.99. The minimum atomic E-state index is -0.664. The molecular weight excluding hydrogens is 230 g/mol. The number of carbonyl (C=O) groups is 1. The first-order valence-corrected chi connectivity index (χ1v) is 7.09. The van der Waals surface area contributed by atoms with Crippen LogP contribution in [0.25, 0.3) is 0 Å². The second-order valence-corrected chi connectivity index (χ2v) is 6.06. The second kappa shape index (κ2) is 5.57. The van der Waals surface area contributed by atoms with Crippen molar-refractivity contribution in [3.05, 3.63) is 0 Å². The average Bonchev–Trinajstić information content (AvgIpc) is 2.34. The molecule has 0 amide bonds. The van der Waals surface area contributed by atoms with Gasteiger partial charge in [-0.2, -0.15) is 0 Å². The number of carboxylic acids is 1. The topological polar surface area (TPSA) is 49.8 Å². The third kappa shape index (κ3) is 2.69. The minimum Gasteiger partial charge on any atom is -0.481 e. The van der Waals surface area contributed by atoms with Gasteiger partial charge in [-0.15, -0.1) is 0 Å². The van der Waals surface area contributed by atoms with Gasteiger partial charge in [0.25, 0.3) is 0 Å². The highest BCUT2D eigenvalue weighted by molar-refractivity contribution is 5.68. The van der Waals surface area contributed by atoms with Gasteiger partial charge in [0.2, 0.25) is 0 Å². The molecule has 1 aliphatic heterocycles. The molecule has 2 rings (SSSR count). The third-order valence-corrected chi connectivity index (χ3v) is 4.81. The van der Waals surface area contributed by atoms with E-state index in [1.54, 1.807) is 0 Å². The zero-order valence-corrected chi connectivity index (χ0v) is 11.5. The molecule has 3 unspecified atom stereocenters. The number of aliphatic carboxylic acids is 1. The van der Waals surface area contributed by atoms with E-state index in [0.29, 0.717) is 11.8 Å². The lowest BCUT2D eigenvalue weighted by Crippen LogP contribution is -2.60. The predicted molar refractivity (Wildman–Crippen MR) is 69.6 cm³/mol. The Morgan fingerprint density at radius 1 is 1.33 bits per heavy atom. The van der Waals surface area contributed by atoms with Crippen molar-refractivity contribution in [2.75, 3.05) is 26.3 Å². The zero-order valence-electron chi connectivity index (χ0n) is 11.5. The summed E-state index contributed by atoms with van der Waals surface area (Å²) in [5, 5.41) is 9.31. The number of rotatable bonds is 3. The largest absolute Gasteiger partial charge is 0.481 e. The molecule has 1 heterocycles. The molecule has 18 heavy (non-hydrogen) atoms. The van der Waals surface area contributed by atoms with E-state index in [9.17, 15) is 9.90 Å². The van der Waals surface area contributed by atoms with E-state index in [-0.39, 0.29) is 12.0 Å². The lowest BCUT2D eigenvalue weighted by molar-refractivity contribution is -0.146. The Kier molecular flexibility index (Phi) is 4.28. The lowest BCUT2D eigenvalue weighted by Gasteiger charge is -2.52. The maximum absolute atomic E-state index is 11.3. The summed E-state index contributed by atoms with van der Waals surface area (Å²) in [4.78, 5) is 13.7. The Morgan fingerprint density at radius 3 is 2.61 bits per heavy atom. The normalized spacial score (nSPS) is 38.6. The Morgan fingerprint density at radius 2 is 2.00 bits per heavy atom. The van der Waals surface area contributed by atoms with E-state index in [1.165, 1.54) is 6.42 Å². The molecule has 1 saturated heterocycles. The van der Waals surface area contributed by atoms with Crippen molar-refractivity contribution in [3.8, 4) is 0 Å². The molecule has 0 aromatic carbocycles. The first-order valence-electron chi connectivity index (χ1n) is 7.09. The molecule has 104 valence electrons. The number of hydrogen-bond donors (Lipinski definition) is 1. The van der Waals surface area contributed by atoms with Crippen LogP contribution >= 0.6 is 0 Å². The van der Waals surface area contributed by atoms with E-state index in [4.69, 9.17) is 4.74 Å². The number of hydrogen-bond acceptors (Lipinski definition) is 3. The van der Waals surface area contributed by atoms with Gasteiger partial charge in [-0.1, -0.05) is 20.3 Å². The highest BCUT2D eigenvalue weighted by Gasteiger charge is 2.46. The first kappa shape index (κ1) is 13.8. The molecule has 4 heteroatoms. The van der Waals surface area contributed by atoms with Crippen molar-refractivity contribution < 1.29 is 14.6 Å². The van der Waals surface area contributed by atoms with Crippen molar-refractivity contribution in [2.24, 2.45) is 11.8 Å². The summed E-state index contributed by atoms with van der Waals surface area (Å²) in [5.74, 6) is 0.425. The van der Waals surface area contributed by atoms with Crippen LogP contribution in [0, 0.1) is 11.8 Å². The molecule has 0 bridgehead atoms. The van der Waals surface area contributed by atoms with Crippen molar-refractivity contribution in [1.82, 2.24) is 4.90 Å². The van der Waals surface area contributed by atoms with Crippen LogP contribution in [0.2, 0.25) is 0 Å². The van der Waals surface area contributed by atoms with Gasteiger partial charge in [0.05, 0.1) is 19.6 Å². The molecule has 1 N–H and O–H groups in total. The molecule has 2 fully saturated rings. The van der Waals surface area contributed by atoms with Crippen LogP contribution in [0.5, 0.6) is 0 Å². The minimum absolute atomic E-state index is 0.146. The van der Waals surface area contributed by atoms with Gasteiger partial charge in [-0.25, -0.2) is 0 Å². The van der Waals surface area contributed by atoms with Crippen LogP contribution < -0.4 is 0 Å². The molecule has 3 atom stereocenters. The summed E-state index contributed by atoms with van der Waals surface area (Å²) in [6, 6.07) is 0. The number of morpholine rings is 1. The van der Waals surface area contributed by atoms with Gasteiger partial charge < -0.3 is 9.84 Å². The molecule has 4 nitrogen and oxygen atoms in total. The van der Waals surface area contributed by atoms with Gasteiger partial charge in [0.1, 0.15) is 0 Å². The summed E-state index contributed by atoms with van der Waals surface area (Å²) in [6.45, 7) is 7.72. The standard InChI is InChI=1S/C14H25NO3/c1-11-3-4-12(2)14(9-11,10-13(16)17)15-5-7-18-8-6-15/h11-12H,3-10H2,1-2H3,(H,16,17). The van der Waals surface area contributed by atoms with Gasteiger partial charge >= 0.3 is 5.97 Å². The lowest BCUT2D eigenvalue weighted by atomic mass is 9.67. The van der Waals surface area contributed by atoms with Gasteiger partial charge in [-0.05, 0) is 24.7 Å². The average molecular weight is 255 g/mol. The quantitative estimate of drug-likeness (QED) is 0.838. The molecule has 0 spiro atoms.